The lowest BCUT2D eigenvalue weighted by atomic mass is 10.00. The molecule has 0 atom stereocenters. The first-order valence-electron chi connectivity index (χ1n) is 10.0. The van der Waals surface area contributed by atoms with Gasteiger partial charge in [-0.25, -0.2) is 0 Å². The summed E-state index contributed by atoms with van der Waals surface area (Å²) in [5.41, 5.74) is 5.60. The monoisotopic (exact) mass is 401 g/mol. The van der Waals surface area contributed by atoms with E-state index in [2.05, 4.69) is 16.4 Å². The van der Waals surface area contributed by atoms with Crippen molar-refractivity contribution in [2.75, 3.05) is 4.90 Å². The highest BCUT2D eigenvalue weighted by atomic mass is 16.2. The fourth-order valence-electron chi connectivity index (χ4n) is 3.52. The van der Waals surface area contributed by atoms with Crippen LogP contribution < -0.4 is 10.2 Å². The lowest BCUT2D eigenvalue weighted by Gasteiger charge is -2.27. The zero-order chi connectivity index (χ0) is 21.7. The van der Waals surface area contributed by atoms with Gasteiger partial charge in [0.1, 0.15) is 0 Å². The summed E-state index contributed by atoms with van der Waals surface area (Å²) in [6.45, 7) is 8.06. The van der Waals surface area contributed by atoms with Gasteiger partial charge in [0.15, 0.2) is 0 Å². The molecular formula is C25H27N3O2. The topological polar surface area (TPSA) is 62.3 Å². The average molecular weight is 402 g/mol. The van der Waals surface area contributed by atoms with Crippen LogP contribution >= 0.6 is 0 Å². The smallest absolute Gasteiger partial charge is 0.251 e. The number of aromatic nitrogens is 1. The first-order valence-corrected chi connectivity index (χ1v) is 10.0. The van der Waals surface area contributed by atoms with E-state index in [-0.39, 0.29) is 17.9 Å². The molecule has 5 heteroatoms. The van der Waals surface area contributed by atoms with Crippen LogP contribution in [0.5, 0.6) is 0 Å². The van der Waals surface area contributed by atoms with Crippen LogP contribution in [0.2, 0.25) is 0 Å². The molecule has 1 aromatic heterocycles. The SMILES string of the molecule is CC(=O)N(c1ccc(-c2ccc(C(=O)NCc3cccnc3)cc2)cc1C)C(C)C. The second-order valence-electron chi connectivity index (χ2n) is 7.61. The Kier molecular flexibility index (Phi) is 6.62. The number of nitrogens with one attached hydrogen (secondary N) is 1. The fraction of sp³-hybridized carbons (Fsp3) is 0.240. The van der Waals surface area contributed by atoms with E-state index in [0.717, 1.165) is 27.9 Å². The number of carbonyl (C=O) groups is 2. The van der Waals surface area contributed by atoms with Crippen LogP contribution in [0.25, 0.3) is 11.1 Å². The quantitative estimate of drug-likeness (QED) is 0.648. The van der Waals surface area contributed by atoms with Gasteiger partial charge in [-0.1, -0.05) is 24.3 Å². The predicted octanol–water partition coefficient (Wildman–Crippen LogP) is 4.75. The van der Waals surface area contributed by atoms with Crippen molar-refractivity contribution >= 4 is 17.5 Å². The van der Waals surface area contributed by atoms with Gasteiger partial charge < -0.3 is 10.2 Å². The Morgan fingerprint density at radius 1 is 1.03 bits per heavy atom. The number of aryl methyl sites for hydroxylation is 1. The normalized spacial score (nSPS) is 10.7. The molecule has 0 aliphatic rings. The summed E-state index contributed by atoms with van der Waals surface area (Å²) in [7, 11) is 0. The summed E-state index contributed by atoms with van der Waals surface area (Å²) in [6.07, 6.45) is 3.45. The molecule has 0 radical (unpaired) electrons. The Morgan fingerprint density at radius 2 is 1.73 bits per heavy atom. The maximum absolute atomic E-state index is 12.4. The number of rotatable bonds is 6. The van der Waals surface area contributed by atoms with Gasteiger partial charge >= 0.3 is 0 Å². The Labute approximate surface area is 177 Å². The summed E-state index contributed by atoms with van der Waals surface area (Å²) in [4.78, 5) is 30.3. The minimum Gasteiger partial charge on any atom is -0.348 e. The van der Waals surface area contributed by atoms with Gasteiger partial charge in [0.05, 0.1) is 0 Å². The maximum atomic E-state index is 12.4. The number of hydrogen-bond donors (Lipinski definition) is 1. The molecule has 0 saturated heterocycles. The highest BCUT2D eigenvalue weighted by molar-refractivity contribution is 5.95. The molecule has 0 aliphatic carbocycles. The molecule has 0 fully saturated rings. The third-order valence-corrected chi connectivity index (χ3v) is 4.97. The van der Waals surface area contributed by atoms with Gasteiger partial charge in [0.2, 0.25) is 5.91 Å². The van der Waals surface area contributed by atoms with Crippen molar-refractivity contribution in [1.82, 2.24) is 10.3 Å². The van der Waals surface area contributed by atoms with E-state index in [9.17, 15) is 9.59 Å². The van der Waals surface area contributed by atoms with E-state index in [1.54, 1.807) is 24.2 Å². The maximum Gasteiger partial charge on any atom is 0.251 e. The molecule has 0 bridgehead atoms. The minimum atomic E-state index is -0.119. The molecule has 2 amide bonds. The molecule has 3 rings (SSSR count). The molecule has 154 valence electrons. The molecule has 0 saturated carbocycles. The van der Waals surface area contributed by atoms with Crippen LogP contribution in [0.3, 0.4) is 0 Å². The summed E-state index contributed by atoms with van der Waals surface area (Å²) < 4.78 is 0. The van der Waals surface area contributed by atoms with E-state index in [1.807, 2.05) is 69.3 Å². The number of pyridine rings is 1. The third-order valence-electron chi connectivity index (χ3n) is 4.97. The number of anilines is 1. The second-order valence-corrected chi connectivity index (χ2v) is 7.61. The summed E-state index contributed by atoms with van der Waals surface area (Å²) in [5, 5.41) is 2.91. The molecule has 0 spiro atoms. The van der Waals surface area contributed by atoms with Gasteiger partial charge in [-0.3, -0.25) is 14.6 Å². The summed E-state index contributed by atoms with van der Waals surface area (Å²) >= 11 is 0. The molecule has 1 heterocycles. The van der Waals surface area contributed by atoms with E-state index in [4.69, 9.17) is 0 Å². The lowest BCUT2D eigenvalue weighted by molar-refractivity contribution is -0.116. The Balaban J connectivity index is 1.73. The average Bonchev–Trinajstić information content (AvgIpc) is 2.73. The van der Waals surface area contributed by atoms with E-state index >= 15 is 0 Å². The number of hydrogen-bond acceptors (Lipinski definition) is 3. The number of carbonyl (C=O) groups excluding carboxylic acids is 2. The lowest BCUT2D eigenvalue weighted by Crippen LogP contribution is -2.35. The molecule has 5 nitrogen and oxygen atoms in total. The van der Waals surface area contributed by atoms with Crippen LogP contribution in [-0.2, 0) is 11.3 Å². The molecule has 1 N–H and O–H groups in total. The van der Waals surface area contributed by atoms with E-state index in [0.29, 0.717) is 12.1 Å². The second kappa shape index (κ2) is 9.35. The van der Waals surface area contributed by atoms with Gasteiger partial charge in [-0.05, 0) is 73.4 Å². The number of nitrogens with zero attached hydrogens (tertiary/aromatic N) is 2. The van der Waals surface area contributed by atoms with Crippen molar-refractivity contribution < 1.29 is 9.59 Å². The van der Waals surface area contributed by atoms with Crippen LogP contribution in [0.4, 0.5) is 5.69 Å². The van der Waals surface area contributed by atoms with Crippen LogP contribution in [0.1, 0.15) is 42.3 Å². The largest absolute Gasteiger partial charge is 0.348 e. The first kappa shape index (κ1) is 21.2. The molecule has 2 aromatic carbocycles. The number of amides is 2. The Morgan fingerprint density at radius 3 is 2.30 bits per heavy atom. The third kappa shape index (κ3) is 4.92. The van der Waals surface area contributed by atoms with Crippen molar-refractivity contribution in [3.05, 3.63) is 83.7 Å². The molecular weight excluding hydrogens is 374 g/mol. The van der Waals surface area contributed by atoms with Crippen LogP contribution in [0.15, 0.2) is 67.0 Å². The van der Waals surface area contributed by atoms with Gasteiger partial charge in [-0.2, -0.15) is 0 Å². The highest BCUT2D eigenvalue weighted by Gasteiger charge is 2.17. The van der Waals surface area contributed by atoms with Gasteiger partial charge in [0, 0.05) is 43.2 Å². The Bertz CT molecular complexity index is 1030. The van der Waals surface area contributed by atoms with Crippen LogP contribution in [-0.4, -0.2) is 22.8 Å². The van der Waals surface area contributed by atoms with Crippen molar-refractivity contribution in [1.29, 1.82) is 0 Å². The van der Waals surface area contributed by atoms with Crippen molar-refractivity contribution in [2.45, 2.75) is 40.3 Å². The van der Waals surface area contributed by atoms with Crippen molar-refractivity contribution in [2.24, 2.45) is 0 Å². The van der Waals surface area contributed by atoms with E-state index < -0.39 is 0 Å². The summed E-state index contributed by atoms with van der Waals surface area (Å²) in [5.74, 6) is -0.0894. The molecule has 0 aliphatic heterocycles. The molecule has 30 heavy (non-hydrogen) atoms. The van der Waals surface area contributed by atoms with Crippen molar-refractivity contribution in [3.8, 4) is 11.1 Å². The van der Waals surface area contributed by atoms with Gasteiger partial charge in [0.25, 0.3) is 5.91 Å². The van der Waals surface area contributed by atoms with Crippen molar-refractivity contribution in [3.63, 3.8) is 0 Å². The van der Waals surface area contributed by atoms with Gasteiger partial charge in [-0.15, -0.1) is 0 Å². The highest BCUT2D eigenvalue weighted by Crippen LogP contribution is 2.28. The van der Waals surface area contributed by atoms with Crippen LogP contribution in [0, 0.1) is 6.92 Å². The standard InChI is InChI=1S/C25H27N3O2/c1-17(2)28(19(4)29)24-12-11-23(14-18(24)3)21-7-9-22(10-8-21)25(30)27-16-20-6-5-13-26-15-20/h5-15,17H,16H2,1-4H3,(H,27,30). The Hall–Kier alpha value is -3.47. The zero-order valence-corrected chi connectivity index (χ0v) is 17.8. The fourth-order valence-corrected chi connectivity index (χ4v) is 3.52. The number of benzene rings is 2. The molecule has 3 aromatic rings. The molecule has 0 unspecified atom stereocenters. The predicted molar refractivity (Wildman–Crippen MR) is 120 cm³/mol. The minimum absolute atomic E-state index is 0.0301. The summed E-state index contributed by atoms with van der Waals surface area (Å²) in [6, 6.07) is 17.5. The first-order chi connectivity index (χ1) is 14.4. The van der Waals surface area contributed by atoms with E-state index in [1.165, 1.54) is 0 Å². The zero-order valence-electron chi connectivity index (χ0n) is 17.8.